The Balaban J connectivity index is 1.62. The van der Waals surface area contributed by atoms with Crippen LogP contribution in [0.15, 0.2) is 0 Å². The van der Waals surface area contributed by atoms with Gasteiger partial charge in [0.1, 0.15) is 0 Å². The summed E-state index contributed by atoms with van der Waals surface area (Å²) in [6.07, 6.45) is 10.7. The Kier molecular flexibility index (Phi) is 5.68. The third kappa shape index (κ3) is 4.53. The van der Waals surface area contributed by atoms with E-state index in [0.29, 0.717) is 5.82 Å². The molecule has 1 unspecified atom stereocenters. The normalized spacial score (nSPS) is 22.3. The second kappa shape index (κ2) is 7.61. The highest BCUT2D eigenvalue weighted by molar-refractivity contribution is 7.88. The van der Waals surface area contributed by atoms with Crippen LogP contribution in [0.25, 0.3) is 0 Å². The molecule has 1 aromatic heterocycles. The van der Waals surface area contributed by atoms with E-state index < -0.39 is 10.0 Å². The largest absolute Gasteiger partial charge is 0.341 e. The first-order valence-electron chi connectivity index (χ1n) is 9.46. The molecular weight excluding hydrogens is 338 g/mol. The second-order valence-corrected chi connectivity index (χ2v) is 9.53. The van der Waals surface area contributed by atoms with E-state index in [2.05, 4.69) is 19.8 Å². The molecule has 25 heavy (non-hydrogen) atoms. The molecule has 0 spiro atoms. The first kappa shape index (κ1) is 18.6. The molecule has 7 nitrogen and oxygen atoms in total. The summed E-state index contributed by atoms with van der Waals surface area (Å²) < 4.78 is 27.4. The van der Waals surface area contributed by atoms with Gasteiger partial charge in [0, 0.05) is 20.1 Å². The number of anilines is 1. The van der Waals surface area contributed by atoms with Crippen LogP contribution in [-0.2, 0) is 17.1 Å². The summed E-state index contributed by atoms with van der Waals surface area (Å²) in [5.41, 5.74) is 0. The monoisotopic (exact) mass is 369 g/mol. The van der Waals surface area contributed by atoms with Gasteiger partial charge in [0.2, 0.25) is 16.0 Å². The van der Waals surface area contributed by atoms with E-state index in [1.54, 1.807) is 6.92 Å². The molecule has 0 bridgehead atoms. The van der Waals surface area contributed by atoms with Crippen LogP contribution < -0.4 is 9.62 Å². The van der Waals surface area contributed by atoms with Gasteiger partial charge in [-0.05, 0) is 31.6 Å². The van der Waals surface area contributed by atoms with Crippen molar-refractivity contribution in [3.63, 3.8) is 0 Å². The van der Waals surface area contributed by atoms with E-state index in [4.69, 9.17) is 0 Å². The van der Waals surface area contributed by atoms with Gasteiger partial charge in [0.15, 0.2) is 5.82 Å². The highest BCUT2D eigenvalue weighted by Gasteiger charge is 2.29. The lowest BCUT2D eigenvalue weighted by atomic mass is 9.76. The van der Waals surface area contributed by atoms with Gasteiger partial charge in [0.05, 0.1) is 12.3 Å². The van der Waals surface area contributed by atoms with Crippen molar-refractivity contribution >= 4 is 16.0 Å². The number of nitrogens with zero attached hydrogens (tertiary/aromatic N) is 4. The number of hydrogen-bond donors (Lipinski definition) is 1. The number of rotatable bonds is 5. The number of hydrogen-bond acceptors (Lipinski definition) is 5. The highest BCUT2D eigenvalue weighted by atomic mass is 32.2. The predicted octanol–water partition coefficient (Wildman–Crippen LogP) is 2.22. The molecule has 1 N–H and O–H groups in total. The van der Waals surface area contributed by atoms with Gasteiger partial charge in [-0.1, -0.05) is 32.1 Å². The maximum atomic E-state index is 11.4. The summed E-state index contributed by atoms with van der Waals surface area (Å²) in [6, 6.07) is -0.388. The van der Waals surface area contributed by atoms with E-state index in [0.717, 1.165) is 37.1 Å². The van der Waals surface area contributed by atoms with Crippen LogP contribution in [0.1, 0.15) is 63.7 Å². The molecule has 3 rings (SSSR count). The molecule has 2 fully saturated rings. The minimum absolute atomic E-state index is 0.388. The Morgan fingerprint density at radius 3 is 2.24 bits per heavy atom. The molecule has 0 radical (unpaired) electrons. The van der Waals surface area contributed by atoms with Crippen LogP contribution in [0.4, 0.5) is 5.95 Å². The minimum atomic E-state index is -3.27. The fourth-order valence-electron chi connectivity index (χ4n) is 4.54. The smallest absolute Gasteiger partial charge is 0.227 e. The topological polar surface area (TPSA) is 80.1 Å². The molecular formula is C17H31N5O2S. The van der Waals surface area contributed by atoms with Crippen molar-refractivity contribution in [3.8, 4) is 0 Å². The van der Waals surface area contributed by atoms with E-state index in [1.807, 2.05) is 11.6 Å². The van der Waals surface area contributed by atoms with Gasteiger partial charge in [0.25, 0.3) is 0 Å². The van der Waals surface area contributed by atoms with Crippen molar-refractivity contribution in [2.45, 2.75) is 57.9 Å². The van der Waals surface area contributed by atoms with Gasteiger partial charge in [-0.3, -0.25) is 4.57 Å². The van der Waals surface area contributed by atoms with Crippen LogP contribution in [0.2, 0.25) is 0 Å². The van der Waals surface area contributed by atoms with Crippen molar-refractivity contribution in [3.05, 3.63) is 5.82 Å². The Labute approximate surface area is 151 Å². The summed E-state index contributed by atoms with van der Waals surface area (Å²) in [5.74, 6) is 3.27. The minimum Gasteiger partial charge on any atom is -0.341 e. The number of piperidine rings is 1. The third-order valence-corrected chi connectivity index (χ3v) is 6.58. The second-order valence-electron chi connectivity index (χ2n) is 7.75. The first-order chi connectivity index (χ1) is 11.8. The average molecular weight is 370 g/mol. The summed E-state index contributed by atoms with van der Waals surface area (Å²) >= 11 is 0. The van der Waals surface area contributed by atoms with Crippen molar-refractivity contribution in [2.24, 2.45) is 18.9 Å². The van der Waals surface area contributed by atoms with E-state index >= 15 is 0 Å². The van der Waals surface area contributed by atoms with Crippen LogP contribution in [0.5, 0.6) is 0 Å². The standard InChI is InChI=1S/C17H31N5O2S/c1-13(20-25(3,23)24)16-18-19-17(21(16)2)22-11-9-15(10-12-22)14-7-5-4-6-8-14/h13-15,20H,4-12H2,1-3H3. The maximum absolute atomic E-state index is 11.4. The molecule has 1 aromatic rings. The van der Waals surface area contributed by atoms with Crippen LogP contribution in [0, 0.1) is 11.8 Å². The summed E-state index contributed by atoms with van der Waals surface area (Å²) in [7, 11) is -1.35. The molecule has 2 aliphatic rings. The van der Waals surface area contributed by atoms with Crippen molar-refractivity contribution in [2.75, 3.05) is 24.2 Å². The van der Waals surface area contributed by atoms with Gasteiger partial charge in [-0.25, -0.2) is 13.1 Å². The molecule has 8 heteroatoms. The number of sulfonamides is 1. The first-order valence-corrected chi connectivity index (χ1v) is 11.4. The zero-order valence-corrected chi connectivity index (χ0v) is 16.4. The van der Waals surface area contributed by atoms with Gasteiger partial charge in [-0.2, -0.15) is 0 Å². The Hall–Kier alpha value is -1.15. The lowest BCUT2D eigenvalue weighted by Gasteiger charge is -2.37. The molecule has 1 aliphatic carbocycles. The van der Waals surface area contributed by atoms with Gasteiger partial charge < -0.3 is 4.90 Å². The molecule has 1 atom stereocenters. The van der Waals surface area contributed by atoms with Crippen LogP contribution >= 0.6 is 0 Å². The molecule has 1 aliphatic heterocycles. The van der Waals surface area contributed by atoms with E-state index in [-0.39, 0.29) is 6.04 Å². The third-order valence-electron chi connectivity index (χ3n) is 5.80. The molecule has 1 saturated heterocycles. The average Bonchev–Trinajstić information content (AvgIpc) is 2.96. The fourth-order valence-corrected chi connectivity index (χ4v) is 5.28. The van der Waals surface area contributed by atoms with Crippen LogP contribution in [-0.4, -0.2) is 42.5 Å². The lowest BCUT2D eigenvalue weighted by Crippen LogP contribution is -2.38. The molecule has 0 amide bonds. The summed E-state index contributed by atoms with van der Waals surface area (Å²) in [5, 5.41) is 8.56. The van der Waals surface area contributed by atoms with E-state index in [1.165, 1.54) is 44.9 Å². The van der Waals surface area contributed by atoms with Crippen molar-refractivity contribution < 1.29 is 8.42 Å². The summed E-state index contributed by atoms with van der Waals surface area (Å²) in [6.45, 7) is 3.83. The Bertz CT molecular complexity index is 673. The molecule has 142 valence electrons. The quantitative estimate of drug-likeness (QED) is 0.861. The van der Waals surface area contributed by atoms with Gasteiger partial charge >= 0.3 is 0 Å². The summed E-state index contributed by atoms with van der Waals surface area (Å²) in [4.78, 5) is 2.29. The number of aromatic nitrogens is 3. The highest BCUT2D eigenvalue weighted by Crippen LogP contribution is 2.36. The predicted molar refractivity (Wildman–Crippen MR) is 98.9 cm³/mol. The fraction of sp³-hybridized carbons (Fsp3) is 0.882. The van der Waals surface area contributed by atoms with E-state index in [9.17, 15) is 8.42 Å². The number of nitrogens with one attached hydrogen (secondary N) is 1. The maximum Gasteiger partial charge on any atom is 0.227 e. The van der Waals surface area contributed by atoms with Crippen molar-refractivity contribution in [1.29, 1.82) is 0 Å². The Morgan fingerprint density at radius 2 is 1.64 bits per heavy atom. The van der Waals surface area contributed by atoms with Gasteiger partial charge in [-0.15, -0.1) is 10.2 Å². The molecule has 2 heterocycles. The van der Waals surface area contributed by atoms with Crippen molar-refractivity contribution in [1.82, 2.24) is 19.5 Å². The lowest BCUT2D eigenvalue weighted by molar-refractivity contribution is 0.212. The zero-order chi connectivity index (χ0) is 18.0. The zero-order valence-electron chi connectivity index (χ0n) is 15.6. The molecule has 1 saturated carbocycles. The molecule has 0 aromatic carbocycles. The Morgan fingerprint density at radius 1 is 1.04 bits per heavy atom. The van der Waals surface area contributed by atoms with Crippen LogP contribution in [0.3, 0.4) is 0 Å². The SMILES string of the molecule is CC(NS(C)(=O)=O)c1nnc(N2CCC(C3CCCCC3)CC2)n1C.